The van der Waals surface area contributed by atoms with Crippen LogP contribution in [0.25, 0.3) is 22.3 Å². The summed E-state index contributed by atoms with van der Waals surface area (Å²) in [6.45, 7) is 0.631. The molecule has 0 saturated carbocycles. The Morgan fingerprint density at radius 3 is 2.41 bits per heavy atom. The first-order chi connectivity index (χ1) is 13.1. The van der Waals surface area contributed by atoms with Gasteiger partial charge in [0.05, 0.1) is 5.56 Å². The second-order valence-corrected chi connectivity index (χ2v) is 6.70. The summed E-state index contributed by atoms with van der Waals surface area (Å²) in [5.74, 6) is -0.323. The maximum Gasteiger partial charge on any atom is 0.335 e. The molecule has 1 atom stereocenters. The summed E-state index contributed by atoms with van der Waals surface area (Å²) in [5, 5.41) is 12.6. The number of thiol groups is 1. The summed E-state index contributed by atoms with van der Waals surface area (Å²) in [6.07, 6.45) is 0. The van der Waals surface area contributed by atoms with Crippen LogP contribution in [0.3, 0.4) is 0 Å². The zero-order valence-electron chi connectivity index (χ0n) is 14.8. The predicted molar refractivity (Wildman–Crippen MR) is 115 cm³/mol. The molecular formula is C22H22N2O2S. The molecule has 5 heteroatoms. The highest BCUT2D eigenvalue weighted by molar-refractivity contribution is 7.80. The van der Waals surface area contributed by atoms with Crippen molar-refractivity contribution in [2.24, 2.45) is 5.73 Å². The first kappa shape index (κ1) is 19.0. The van der Waals surface area contributed by atoms with Crippen LogP contribution in [-0.2, 0) is 0 Å². The number of nitrogens with one attached hydrogen (secondary N) is 1. The van der Waals surface area contributed by atoms with Crippen LogP contribution in [0.15, 0.2) is 72.8 Å². The molecule has 0 aliphatic rings. The van der Waals surface area contributed by atoms with E-state index in [-0.39, 0.29) is 11.6 Å². The molecule has 0 bridgehead atoms. The molecule has 0 heterocycles. The molecule has 0 aliphatic carbocycles. The average molecular weight is 378 g/mol. The second-order valence-electron chi connectivity index (χ2n) is 6.34. The average Bonchev–Trinajstić information content (AvgIpc) is 2.72. The van der Waals surface area contributed by atoms with Gasteiger partial charge in [0, 0.05) is 24.0 Å². The molecule has 138 valence electrons. The molecule has 0 amide bonds. The smallest absolute Gasteiger partial charge is 0.335 e. The van der Waals surface area contributed by atoms with Gasteiger partial charge in [0.25, 0.3) is 0 Å². The van der Waals surface area contributed by atoms with Crippen molar-refractivity contribution in [1.29, 1.82) is 0 Å². The minimum atomic E-state index is -0.933. The van der Waals surface area contributed by atoms with Crippen LogP contribution in [0, 0.1) is 0 Å². The molecular weight excluding hydrogens is 356 g/mol. The fourth-order valence-corrected chi connectivity index (χ4v) is 3.02. The Labute approximate surface area is 164 Å². The van der Waals surface area contributed by atoms with E-state index in [1.54, 1.807) is 18.2 Å². The van der Waals surface area contributed by atoms with Crippen molar-refractivity contribution in [3.8, 4) is 22.3 Å². The minimum Gasteiger partial charge on any atom is -0.478 e. The van der Waals surface area contributed by atoms with Crippen molar-refractivity contribution in [2.45, 2.75) is 6.04 Å². The van der Waals surface area contributed by atoms with Gasteiger partial charge in [-0.2, -0.15) is 12.6 Å². The van der Waals surface area contributed by atoms with Gasteiger partial charge in [-0.1, -0.05) is 48.5 Å². The topological polar surface area (TPSA) is 75.3 Å². The normalized spacial score (nSPS) is 11.8. The van der Waals surface area contributed by atoms with E-state index < -0.39 is 5.97 Å². The lowest BCUT2D eigenvalue weighted by Crippen LogP contribution is -2.30. The van der Waals surface area contributed by atoms with Gasteiger partial charge in [0.15, 0.2) is 0 Å². The Bertz CT molecular complexity index is 929. The van der Waals surface area contributed by atoms with E-state index in [1.165, 1.54) is 0 Å². The van der Waals surface area contributed by atoms with E-state index in [1.807, 2.05) is 48.5 Å². The van der Waals surface area contributed by atoms with Gasteiger partial charge in [-0.15, -0.1) is 0 Å². The Hall–Kier alpha value is -2.76. The van der Waals surface area contributed by atoms with Crippen molar-refractivity contribution in [2.75, 3.05) is 17.6 Å². The van der Waals surface area contributed by atoms with E-state index in [2.05, 4.69) is 24.0 Å². The van der Waals surface area contributed by atoms with E-state index in [0.29, 0.717) is 12.3 Å². The number of rotatable bonds is 7. The number of carbonyl (C=O) groups is 1. The first-order valence-corrected chi connectivity index (χ1v) is 9.35. The number of benzene rings is 3. The van der Waals surface area contributed by atoms with Crippen molar-refractivity contribution in [3.05, 3.63) is 78.4 Å². The molecule has 0 saturated heterocycles. The van der Waals surface area contributed by atoms with Gasteiger partial charge < -0.3 is 16.2 Å². The number of aromatic carboxylic acids is 1. The third kappa shape index (κ3) is 4.70. The van der Waals surface area contributed by atoms with E-state index in [9.17, 15) is 9.90 Å². The SMILES string of the molecule is N[C@@H](CS)CNc1ccc(-c2cccc(C(=O)O)c2)c(-c2ccccc2)c1. The molecule has 0 unspecified atom stereocenters. The van der Waals surface area contributed by atoms with Crippen molar-refractivity contribution in [1.82, 2.24) is 0 Å². The fraction of sp³-hybridized carbons (Fsp3) is 0.136. The maximum atomic E-state index is 11.3. The number of hydrogen-bond donors (Lipinski definition) is 4. The lowest BCUT2D eigenvalue weighted by atomic mass is 9.93. The molecule has 4 N–H and O–H groups in total. The molecule has 0 radical (unpaired) electrons. The molecule has 27 heavy (non-hydrogen) atoms. The number of carboxylic acid groups (broad SMARTS) is 1. The van der Waals surface area contributed by atoms with Crippen LogP contribution in [0.4, 0.5) is 5.69 Å². The van der Waals surface area contributed by atoms with Gasteiger partial charge in [-0.05, 0) is 46.5 Å². The lowest BCUT2D eigenvalue weighted by molar-refractivity contribution is 0.0697. The third-order valence-corrected chi connectivity index (χ3v) is 4.80. The molecule has 0 aromatic heterocycles. The highest BCUT2D eigenvalue weighted by Gasteiger charge is 2.11. The highest BCUT2D eigenvalue weighted by atomic mass is 32.1. The van der Waals surface area contributed by atoms with Crippen LogP contribution >= 0.6 is 12.6 Å². The Morgan fingerprint density at radius 1 is 0.963 bits per heavy atom. The van der Waals surface area contributed by atoms with Crippen LogP contribution in [0.1, 0.15) is 10.4 Å². The summed E-state index contributed by atoms with van der Waals surface area (Å²) < 4.78 is 0. The fourth-order valence-electron chi connectivity index (χ4n) is 2.90. The summed E-state index contributed by atoms with van der Waals surface area (Å²) in [5.41, 5.74) is 11.1. The number of nitrogens with two attached hydrogens (primary N) is 1. The Kier molecular flexibility index (Phi) is 6.16. The van der Waals surface area contributed by atoms with Crippen LogP contribution < -0.4 is 11.1 Å². The lowest BCUT2D eigenvalue weighted by Gasteiger charge is -2.16. The van der Waals surface area contributed by atoms with Gasteiger partial charge >= 0.3 is 5.97 Å². The minimum absolute atomic E-state index is 0.0274. The Morgan fingerprint density at radius 2 is 1.70 bits per heavy atom. The van der Waals surface area contributed by atoms with Crippen molar-refractivity contribution in [3.63, 3.8) is 0 Å². The number of anilines is 1. The van der Waals surface area contributed by atoms with Crippen molar-refractivity contribution < 1.29 is 9.90 Å². The highest BCUT2D eigenvalue weighted by Crippen LogP contribution is 2.34. The molecule has 3 aromatic rings. The molecule has 0 spiro atoms. The third-order valence-electron chi connectivity index (χ3n) is 4.33. The summed E-state index contributed by atoms with van der Waals surface area (Å²) in [7, 11) is 0. The largest absolute Gasteiger partial charge is 0.478 e. The van der Waals surface area contributed by atoms with E-state index in [0.717, 1.165) is 27.9 Å². The molecule has 4 nitrogen and oxygen atoms in total. The van der Waals surface area contributed by atoms with Crippen molar-refractivity contribution >= 4 is 24.3 Å². The predicted octanol–water partition coefficient (Wildman–Crippen LogP) is 4.39. The summed E-state index contributed by atoms with van der Waals surface area (Å²) in [4.78, 5) is 11.3. The number of carboxylic acids is 1. The van der Waals surface area contributed by atoms with Gasteiger partial charge in [-0.25, -0.2) is 4.79 Å². The standard InChI is InChI=1S/C22H22N2O2S/c23-18(14-27)13-24-19-9-10-20(16-7-4-8-17(11-16)22(25)26)21(12-19)15-5-2-1-3-6-15/h1-12,18,24,27H,13-14,23H2,(H,25,26)/t18-/m1/s1. The van der Waals surface area contributed by atoms with E-state index >= 15 is 0 Å². The summed E-state index contributed by atoms with van der Waals surface area (Å²) >= 11 is 4.22. The zero-order valence-corrected chi connectivity index (χ0v) is 15.7. The molecule has 0 fully saturated rings. The van der Waals surface area contributed by atoms with E-state index in [4.69, 9.17) is 5.73 Å². The molecule has 3 aromatic carbocycles. The quantitative estimate of drug-likeness (QED) is 0.460. The van der Waals surface area contributed by atoms with Crippen LogP contribution in [0.5, 0.6) is 0 Å². The Balaban J connectivity index is 2.05. The zero-order chi connectivity index (χ0) is 19.2. The van der Waals surface area contributed by atoms with Crippen LogP contribution in [-0.4, -0.2) is 29.4 Å². The van der Waals surface area contributed by atoms with Gasteiger partial charge in [0.1, 0.15) is 0 Å². The second kappa shape index (κ2) is 8.75. The maximum absolute atomic E-state index is 11.3. The molecule has 0 aliphatic heterocycles. The number of hydrogen-bond acceptors (Lipinski definition) is 4. The monoisotopic (exact) mass is 378 g/mol. The van der Waals surface area contributed by atoms with Crippen LogP contribution in [0.2, 0.25) is 0 Å². The molecule has 3 rings (SSSR count). The van der Waals surface area contributed by atoms with Gasteiger partial charge in [0.2, 0.25) is 0 Å². The van der Waals surface area contributed by atoms with Gasteiger partial charge in [-0.3, -0.25) is 0 Å². The first-order valence-electron chi connectivity index (χ1n) is 8.72. The summed E-state index contributed by atoms with van der Waals surface area (Å²) in [6, 6.07) is 23.1.